The minimum absolute atomic E-state index is 0.0139. The van der Waals surface area contributed by atoms with Crippen LogP contribution in [0.3, 0.4) is 0 Å². The van der Waals surface area contributed by atoms with Gasteiger partial charge < -0.3 is 10.1 Å². The molecule has 1 fully saturated rings. The monoisotopic (exact) mass is 392 g/mol. The van der Waals surface area contributed by atoms with E-state index >= 15 is 0 Å². The Morgan fingerprint density at radius 1 is 1.41 bits per heavy atom. The molecular formula is C19H25FN4O2S. The Morgan fingerprint density at radius 2 is 2.22 bits per heavy atom. The van der Waals surface area contributed by atoms with Crippen molar-refractivity contribution >= 4 is 17.7 Å². The first kappa shape index (κ1) is 19.8. The molecule has 8 heteroatoms. The zero-order chi connectivity index (χ0) is 19.2. The number of amides is 1. The van der Waals surface area contributed by atoms with E-state index < -0.39 is 0 Å². The van der Waals surface area contributed by atoms with Gasteiger partial charge in [-0.25, -0.2) is 4.39 Å². The number of nitrogens with zero attached hydrogens (tertiary/aromatic N) is 3. The van der Waals surface area contributed by atoms with Gasteiger partial charge in [-0.3, -0.25) is 9.36 Å². The molecule has 3 rings (SSSR count). The van der Waals surface area contributed by atoms with Crippen LogP contribution in [-0.4, -0.2) is 45.7 Å². The summed E-state index contributed by atoms with van der Waals surface area (Å²) in [6.45, 7) is 4.92. The van der Waals surface area contributed by atoms with E-state index in [1.165, 1.54) is 17.8 Å². The van der Waals surface area contributed by atoms with Crippen LogP contribution in [-0.2, 0) is 16.0 Å². The summed E-state index contributed by atoms with van der Waals surface area (Å²) >= 11 is 1.52. The Labute approximate surface area is 162 Å². The predicted octanol–water partition coefficient (Wildman–Crippen LogP) is 2.99. The highest BCUT2D eigenvalue weighted by Gasteiger charge is 2.21. The number of hydrogen-bond acceptors (Lipinski definition) is 5. The average molecular weight is 393 g/mol. The smallest absolute Gasteiger partial charge is 0.222 e. The maximum absolute atomic E-state index is 14.4. The quantitative estimate of drug-likeness (QED) is 0.700. The molecule has 1 aliphatic heterocycles. The Kier molecular flexibility index (Phi) is 6.84. The molecule has 1 N–H and O–H groups in total. The summed E-state index contributed by atoms with van der Waals surface area (Å²) in [5.74, 6) is 0.964. The third-order valence-corrected chi connectivity index (χ3v) is 5.45. The molecule has 0 bridgehead atoms. The van der Waals surface area contributed by atoms with Crippen LogP contribution in [0.4, 0.5) is 4.39 Å². The van der Waals surface area contributed by atoms with Gasteiger partial charge in [-0.05, 0) is 25.0 Å². The first-order valence-corrected chi connectivity index (χ1v) is 10.3. The predicted molar refractivity (Wildman–Crippen MR) is 103 cm³/mol. The molecule has 0 spiro atoms. The van der Waals surface area contributed by atoms with Crippen molar-refractivity contribution in [1.29, 1.82) is 0 Å². The number of carbonyl (C=O) groups excluding carboxylic acids is 1. The van der Waals surface area contributed by atoms with Gasteiger partial charge in [-0.2, -0.15) is 0 Å². The van der Waals surface area contributed by atoms with Crippen molar-refractivity contribution in [1.82, 2.24) is 20.1 Å². The molecule has 0 radical (unpaired) electrons. The zero-order valence-electron chi connectivity index (χ0n) is 15.7. The normalized spacial score (nSPS) is 16.8. The minimum Gasteiger partial charge on any atom is -0.377 e. The topological polar surface area (TPSA) is 69.0 Å². The van der Waals surface area contributed by atoms with E-state index in [1.54, 1.807) is 22.8 Å². The van der Waals surface area contributed by atoms with Gasteiger partial charge in [-0.1, -0.05) is 37.7 Å². The van der Waals surface area contributed by atoms with Crippen LogP contribution in [0.5, 0.6) is 0 Å². The number of halogens is 1. The van der Waals surface area contributed by atoms with Crippen LogP contribution in [0.1, 0.15) is 32.5 Å². The van der Waals surface area contributed by atoms with Crippen LogP contribution in [0.25, 0.3) is 5.69 Å². The standard InChI is InChI=1S/C19H25FN4O2S/c1-13(2)18(25)21-10-9-17-22-23-19(27-12-14-6-5-11-26-14)24(17)16-8-4-3-7-15(16)20/h3-4,7-8,13-14H,5-6,9-12H2,1-2H3,(H,21,25). The minimum atomic E-state index is -0.330. The summed E-state index contributed by atoms with van der Waals surface area (Å²) < 4.78 is 21.8. The first-order valence-electron chi connectivity index (χ1n) is 9.27. The number of nitrogens with one attached hydrogen (secondary N) is 1. The Morgan fingerprint density at radius 3 is 2.93 bits per heavy atom. The number of benzene rings is 1. The third-order valence-electron chi connectivity index (χ3n) is 4.39. The Hall–Kier alpha value is -1.93. The van der Waals surface area contributed by atoms with Gasteiger partial charge in [0.1, 0.15) is 11.6 Å². The molecule has 1 atom stereocenters. The fraction of sp³-hybridized carbons (Fsp3) is 0.526. The van der Waals surface area contributed by atoms with Gasteiger partial charge in [0.25, 0.3) is 0 Å². The van der Waals surface area contributed by atoms with Gasteiger partial charge in [-0.15, -0.1) is 10.2 Å². The van der Waals surface area contributed by atoms with E-state index in [1.807, 2.05) is 13.8 Å². The van der Waals surface area contributed by atoms with E-state index in [0.29, 0.717) is 29.6 Å². The SMILES string of the molecule is CC(C)C(=O)NCCc1nnc(SCC2CCCO2)n1-c1ccccc1F. The second kappa shape index (κ2) is 9.32. The van der Waals surface area contributed by atoms with Crippen molar-refractivity contribution in [3.8, 4) is 5.69 Å². The molecule has 1 unspecified atom stereocenters. The van der Waals surface area contributed by atoms with Crippen molar-refractivity contribution < 1.29 is 13.9 Å². The van der Waals surface area contributed by atoms with Crippen LogP contribution < -0.4 is 5.32 Å². The van der Waals surface area contributed by atoms with E-state index in [0.717, 1.165) is 25.2 Å². The molecular weight excluding hydrogens is 367 g/mol. The van der Waals surface area contributed by atoms with Crippen molar-refractivity contribution in [2.45, 2.75) is 44.4 Å². The zero-order valence-corrected chi connectivity index (χ0v) is 16.5. The van der Waals surface area contributed by atoms with Crippen LogP contribution in [0.2, 0.25) is 0 Å². The van der Waals surface area contributed by atoms with Crippen LogP contribution in [0.15, 0.2) is 29.4 Å². The lowest BCUT2D eigenvalue weighted by molar-refractivity contribution is -0.123. The largest absolute Gasteiger partial charge is 0.377 e. The number of ether oxygens (including phenoxy) is 1. The van der Waals surface area contributed by atoms with Crippen molar-refractivity contribution in [3.05, 3.63) is 35.9 Å². The highest BCUT2D eigenvalue weighted by Crippen LogP contribution is 2.27. The van der Waals surface area contributed by atoms with E-state index in [-0.39, 0.29) is 23.7 Å². The second-order valence-corrected chi connectivity index (χ2v) is 7.81. The number of carbonyl (C=O) groups is 1. The van der Waals surface area contributed by atoms with Gasteiger partial charge in [0.2, 0.25) is 5.91 Å². The maximum atomic E-state index is 14.4. The van der Waals surface area contributed by atoms with E-state index in [9.17, 15) is 9.18 Å². The highest BCUT2D eigenvalue weighted by molar-refractivity contribution is 7.99. The van der Waals surface area contributed by atoms with Crippen LogP contribution >= 0.6 is 11.8 Å². The fourth-order valence-corrected chi connectivity index (χ4v) is 3.90. The molecule has 2 aromatic rings. The summed E-state index contributed by atoms with van der Waals surface area (Å²) in [7, 11) is 0. The molecule has 1 amide bonds. The average Bonchev–Trinajstić information content (AvgIpc) is 3.30. The summed E-state index contributed by atoms with van der Waals surface area (Å²) in [6.07, 6.45) is 2.79. The third kappa shape index (κ3) is 5.07. The highest BCUT2D eigenvalue weighted by atomic mass is 32.2. The molecule has 0 aliphatic carbocycles. The number of hydrogen-bond donors (Lipinski definition) is 1. The lowest BCUT2D eigenvalue weighted by Crippen LogP contribution is -2.30. The van der Waals surface area contributed by atoms with Gasteiger partial charge in [0.15, 0.2) is 5.16 Å². The summed E-state index contributed by atoms with van der Waals surface area (Å²) in [5, 5.41) is 12.0. The summed E-state index contributed by atoms with van der Waals surface area (Å²) in [5.41, 5.74) is 0.419. The molecule has 2 heterocycles. The fourth-order valence-electron chi connectivity index (χ4n) is 2.88. The van der Waals surface area contributed by atoms with Gasteiger partial charge in [0.05, 0.1) is 11.8 Å². The molecule has 0 saturated carbocycles. The van der Waals surface area contributed by atoms with Gasteiger partial charge in [0, 0.05) is 31.2 Å². The maximum Gasteiger partial charge on any atom is 0.222 e. The molecule has 1 aromatic carbocycles. The Balaban J connectivity index is 1.77. The molecule has 1 aromatic heterocycles. The number of aromatic nitrogens is 3. The lowest BCUT2D eigenvalue weighted by atomic mass is 10.2. The van der Waals surface area contributed by atoms with Crippen molar-refractivity contribution in [2.24, 2.45) is 5.92 Å². The molecule has 6 nitrogen and oxygen atoms in total. The van der Waals surface area contributed by atoms with Crippen molar-refractivity contribution in [3.63, 3.8) is 0 Å². The van der Waals surface area contributed by atoms with Gasteiger partial charge >= 0.3 is 0 Å². The summed E-state index contributed by atoms with van der Waals surface area (Å²) in [6, 6.07) is 6.58. The molecule has 1 saturated heterocycles. The molecule has 146 valence electrons. The van der Waals surface area contributed by atoms with E-state index in [4.69, 9.17) is 4.74 Å². The number of thioether (sulfide) groups is 1. The number of para-hydroxylation sites is 1. The van der Waals surface area contributed by atoms with Crippen LogP contribution in [0, 0.1) is 11.7 Å². The van der Waals surface area contributed by atoms with E-state index in [2.05, 4.69) is 15.5 Å². The summed E-state index contributed by atoms with van der Waals surface area (Å²) in [4.78, 5) is 11.8. The first-order chi connectivity index (χ1) is 13.1. The van der Waals surface area contributed by atoms with Crippen molar-refractivity contribution in [2.75, 3.05) is 18.9 Å². The second-order valence-electron chi connectivity index (χ2n) is 6.83. The number of rotatable bonds is 8. The Bertz CT molecular complexity index is 775. The molecule has 1 aliphatic rings. The molecule has 27 heavy (non-hydrogen) atoms. The lowest BCUT2D eigenvalue weighted by Gasteiger charge is -2.13.